The van der Waals surface area contributed by atoms with Crippen LogP contribution in [0.1, 0.15) is 64.3 Å². The van der Waals surface area contributed by atoms with E-state index in [0.717, 1.165) is 13.0 Å². The van der Waals surface area contributed by atoms with E-state index in [1.165, 1.54) is 11.1 Å². The van der Waals surface area contributed by atoms with Crippen LogP contribution >= 0.6 is 0 Å². The fraction of sp³-hybridized carbons (Fsp3) is 0.611. The third-order valence-corrected chi connectivity index (χ3v) is 4.24. The highest BCUT2D eigenvalue weighted by atomic mass is 16.2. The monoisotopic (exact) mass is 288 g/mol. The Labute approximate surface area is 128 Å². The van der Waals surface area contributed by atoms with Gasteiger partial charge in [-0.15, -0.1) is 0 Å². The van der Waals surface area contributed by atoms with Crippen molar-refractivity contribution in [3.8, 4) is 0 Å². The second-order valence-electron chi connectivity index (χ2n) is 6.83. The minimum absolute atomic E-state index is 0.0208. The first kappa shape index (κ1) is 16.0. The molecular formula is C18H28N2O. The number of carbonyl (C=O) groups is 1. The molecule has 1 aliphatic heterocycles. The molecule has 0 aliphatic carbocycles. The average molecular weight is 288 g/mol. The van der Waals surface area contributed by atoms with Gasteiger partial charge in [0.05, 0.1) is 6.04 Å². The molecule has 2 atom stereocenters. The summed E-state index contributed by atoms with van der Waals surface area (Å²) in [6.45, 7) is 11.6. The van der Waals surface area contributed by atoms with E-state index in [2.05, 4.69) is 57.3 Å². The maximum atomic E-state index is 12.3. The van der Waals surface area contributed by atoms with Crippen molar-refractivity contribution in [1.29, 1.82) is 0 Å². The lowest BCUT2D eigenvalue weighted by molar-refractivity contribution is -0.130. The lowest BCUT2D eigenvalue weighted by atomic mass is 10.0. The molecule has 1 saturated heterocycles. The van der Waals surface area contributed by atoms with Crippen molar-refractivity contribution in [2.24, 2.45) is 5.92 Å². The van der Waals surface area contributed by atoms with E-state index in [0.29, 0.717) is 11.8 Å². The highest BCUT2D eigenvalue weighted by Crippen LogP contribution is 2.27. The van der Waals surface area contributed by atoms with Gasteiger partial charge >= 0.3 is 0 Å². The summed E-state index contributed by atoms with van der Waals surface area (Å²) in [5, 5.41) is 3.42. The van der Waals surface area contributed by atoms with Crippen molar-refractivity contribution >= 4 is 5.91 Å². The number of benzene rings is 1. The Morgan fingerprint density at radius 2 is 1.76 bits per heavy atom. The van der Waals surface area contributed by atoms with Crippen LogP contribution in [0.4, 0.5) is 0 Å². The Balaban J connectivity index is 2.17. The molecule has 1 amide bonds. The van der Waals surface area contributed by atoms with Crippen molar-refractivity contribution in [1.82, 2.24) is 10.2 Å². The van der Waals surface area contributed by atoms with Crippen LogP contribution < -0.4 is 5.32 Å². The van der Waals surface area contributed by atoms with Crippen LogP contribution in [0.3, 0.4) is 0 Å². The number of amides is 1. The standard InChI is InChI=1S/C18H28N2O/c1-12(2)10-11-20-17(19-14(5)18(20)21)16-8-6-15(7-9-16)13(3)4/h6-9,12-14,17,19H,10-11H2,1-5H3. The first-order valence-electron chi connectivity index (χ1n) is 8.06. The molecule has 1 N–H and O–H groups in total. The Bertz CT molecular complexity index is 478. The molecule has 1 fully saturated rings. The van der Waals surface area contributed by atoms with Crippen LogP contribution in [-0.4, -0.2) is 23.4 Å². The second-order valence-corrected chi connectivity index (χ2v) is 6.83. The fourth-order valence-corrected chi connectivity index (χ4v) is 2.75. The second kappa shape index (κ2) is 6.61. The third-order valence-electron chi connectivity index (χ3n) is 4.24. The van der Waals surface area contributed by atoms with Crippen LogP contribution in [0.15, 0.2) is 24.3 Å². The van der Waals surface area contributed by atoms with Crippen molar-refractivity contribution in [3.63, 3.8) is 0 Å². The molecule has 116 valence electrons. The SMILES string of the molecule is CC(C)CCN1C(=O)C(C)NC1c1ccc(C(C)C)cc1. The summed E-state index contributed by atoms with van der Waals surface area (Å²) in [5.41, 5.74) is 2.52. The summed E-state index contributed by atoms with van der Waals surface area (Å²) in [6.07, 6.45) is 1.06. The van der Waals surface area contributed by atoms with Gasteiger partial charge in [-0.05, 0) is 36.3 Å². The van der Waals surface area contributed by atoms with Gasteiger partial charge in [0.15, 0.2) is 0 Å². The first-order valence-corrected chi connectivity index (χ1v) is 8.06. The fourth-order valence-electron chi connectivity index (χ4n) is 2.75. The van der Waals surface area contributed by atoms with E-state index in [1.54, 1.807) is 0 Å². The molecule has 1 heterocycles. The molecule has 1 aliphatic rings. The van der Waals surface area contributed by atoms with E-state index < -0.39 is 0 Å². The molecular weight excluding hydrogens is 260 g/mol. The Morgan fingerprint density at radius 1 is 1.14 bits per heavy atom. The molecule has 1 aromatic carbocycles. The molecule has 2 rings (SSSR count). The van der Waals surface area contributed by atoms with E-state index in [-0.39, 0.29) is 18.1 Å². The van der Waals surface area contributed by atoms with E-state index in [1.807, 2.05) is 11.8 Å². The lowest BCUT2D eigenvalue weighted by Gasteiger charge is -2.25. The molecule has 0 bridgehead atoms. The molecule has 0 saturated carbocycles. The van der Waals surface area contributed by atoms with Crippen LogP contribution in [0.25, 0.3) is 0 Å². The molecule has 0 aromatic heterocycles. The highest BCUT2D eigenvalue weighted by molar-refractivity contribution is 5.84. The minimum Gasteiger partial charge on any atom is -0.322 e. The van der Waals surface area contributed by atoms with Crippen LogP contribution in [-0.2, 0) is 4.79 Å². The summed E-state index contributed by atoms with van der Waals surface area (Å²) < 4.78 is 0. The summed E-state index contributed by atoms with van der Waals surface area (Å²) in [7, 11) is 0. The van der Waals surface area contributed by atoms with Gasteiger partial charge in [0, 0.05) is 6.54 Å². The largest absolute Gasteiger partial charge is 0.322 e. The predicted molar refractivity (Wildman–Crippen MR) is 87.0 cm³/mol. The van der Waals surface area contributed by atoms with Crippen molar-refractivity contribution < 1.29 is 4.79 Å². The maximum Gasteiger partial charge on any atom is 0.241 e. The number of carbonyl (C=O) groups excluding carboxylic acids is 1. The van der Waals surface area contributed by atoms with Crippen LogP contribution in [0.5, 0.6) is 0 Å². The van der Waals surface area contributed by atoms with Gasteiger partial charge in [0.1, 0.15) is 6.17 Å². The normalized spacial score (nSPS) is 22.6. The number of hydrogen-bond donors (Lipinski definition) is 1. The van der Waals surface area contributed by atoms with Crippen molar-refractivity contribution in [2.75, 3.05) is 6.54 Å². The number of hydrogen-bond acceptors (Lipinski definition) is 2. The molecule has 21 heavy (non-hydrogen) atoms. The van der Waals surface area contributed by atoms with Gasteiger partial charge in [0.2, 0.25) is 5.91 Å². The van der Waals surface area contributed by atoms with Crippen molar-refractivity contribution in [2.45, 2.75) is 59.2 Å². The zero-order valence-corrected chi connectivity index (χ0v) is 13.9. The number of nitrogens with one attached hydrogen (secondary N) is 1. The summed E-state index contributed by atoms with van der Waals surface area (Å²) in [5.74, 6) is 1.36. The topological polar surface area (TPSA) is 32.3 Å². The summed E-state index contributed by atoms with van der Waals surface area (Å²) >= 11 is 0. The molecule has 1 aromatic rings. The minimum atomic E-state index is -0.0908. The first-order chi connectivity index (χ1) is 9.90. The number of rotatable bonds is 5. The smallest absolute Gasteiger partial charge is 0.241 e. The van der Waals surface area contributed by atoms with Gasteiger partial charge in [0.25, 0.3) is 0 Å². The third kappa shape index (κ3) is 3.65. The predicted octanol–water partition coefficient (Wildman–Crippen LogP) is 3.68. The van der Waals surface area contributed by atoms with Crippen LogP contribution in [0.2, 0.25) is 0 Å². The van der Waals surface area contributed by atoms with Gasteiger partial charge < -0.3 is 4.90 Å². The molecule has 0 spiro atoms. The van der Waals surface area contributed by atoms with Gasteiger partial charge in [-0.1, -0.05) is 52.0 Å². The molecule has 3 heteroatoms. The maximum absolute atomic E-state index is 12.3. The van der Waals surface area contributed by atoms with Crippen LogP contribution in [0, 0.1) is 5.92 Å². The molecule has 3 nitrogen and oxygen atoms in total. The Morgan fingerprint density at radius 3 is 2.29 bits per heavy atom. The van der Waals surface area contributed by atoms with Gasteiger partial charge in [-0.25, -0.2) is 0 Å². The van der Waals surface area contributed by atoms with Crippen molar-refractivity contribution in [3.05, 3.63) is 35.4 Å². The van der Waals surface area contributed by atoms with Gasteiger partial charge in [-0.2, -0.15) is 0 Å². The quantitative estimate of drug-likeness (QED) is 0.896. The summed E-state index contributed by atoms with van der Waals surface area (Å²) in [6, 6.07) is 8.57. The zero-order chi connectivity index (χ0) is 15.6. The Kier molecular flexibility index (Phi) is 5.04. The van der Waals surface area contributed by atoms with E-state index in [9.17, 15) is 4.79 Å². The van der Waals surface area contributed by atoms with E-state index >= 15 is 0 Å². The highest BCUT2D eigenvalue weighted by Gasteiger charge is 2.36. The van der Waals surface area contributed by atoms with Gasteiger partial charge in [-0.3, -0.25) is 10.1 Å². The Hall–Kier alpha value is -1.35. The van der Waals surface area contributed by atoms with E-state index in [4.69, 9.17) is 0 Å². The zero-order valence-electron chi connectivity index (χ0n) is 13.9. The molecule has 2 unspecified atom stereocenters. The number of nitrogens with zero attached hydrogens (tertiary/aromatic N) is 1. The average Bonchev–Trinajstić information content (AvgIpc) is 2.72. The molecule has 0 radical (unpaired) electrons. The summed E-state index contributed by atoms with van der Waals surface area (Å²) in [4.78, 5) is 14.3. The lowest BCUT2D eigenvalue weighted by Crippen LogP contribution is -2.32.